The van der Waals surface area contributed by atoms with Gasteiger partial charge in [0.25, 0.3) is 0 Å². The van der Waals surface area contributed by atoms with Gasteiger partial charge in [0.2, 0.25) is 0 Å². The van der Waals surface area contributed by atoms with Crippen molar-refractivity contribution in [3.05, 3.63) is 0 Å². The van der Waals surface area contributed by atoms with Gasteiger partial charge in [-0.05, 0) is 53.4 Å². The van der Waals surface area contributed by atoms with E-state index in [2.05, 4.69) is 17.6 Å². The van der Waals surface area contributed by atoms with Crippen molar-refractivity contribution in [2.24, 2.45) is 5.73 Å². The minimum atomic E-state index is -0.179. The Morgan fingerprint density at radius 3 is 2.25 bits per heavy atom. The maximum absolute atomic E-state index is 11.6. The lowest BCUT2D eigenvalue weighted by molar-refractivity contribution is 0.215. The molecule has 1 aliphatic rings. The van der Waals surface area contributed by atoms with Crippen molar-refractivity contribution >= 4 is 6.03 Å². The molecule has 1 saturated carbocycles. The highest BCUT2D eigenvalue weighted by Crippen LogP contribution is 2.25. The van der Waals surface area contributed by atoms with Crippen molar-refractivity contribution in [1.29, 1.82) is 0 Å². The fraction of sp³-hybridized carbons (Fsp3) is 0.917. The molecular formula is C12H25N3O. The van der Waals surface area contributed by atoms with Crippen LogP contribution in [0.1, 0.15) is 53.4 Å². The molecule has 0 bridgehead atoms. The number of carbonyl (C=O) groups is 1. The zero-order valence-electron chi connectivity index (χ0n) is 10.9. The summed E-state index contributed by atoms with van der Waals surface area (Å²) in [4.78, 5) is 11.6. The van der Waals surface area contributed by atoms with Gasteiger partial charge in [0, 0.05) is 17.1 Å². The minimum absolute atomic E-state index is 0.0430. The van der Waals surface area contributed by atoms with Crippen LogP contribution in [0, 0.1) is 0 Å². The lowest BCUT2D eigenvalue weighted by atomic mass is 9.82. The van der Waals surface area contributed by atoms with Crippen LogP contribution in [0.25, 0.3) is 0 Å². The Morgan fingerprint density at radius 2 is 1.81 bits per heavy atom. The number of nitrogens with two attached hydrogens (primary N) is 1. The minimum Gasteiger partial charge on any atom is -0.335 e. The van der Waals surface area contributed by atoms with Gasteiger partial charge in [0.15, 0.2) is 0 Å². The number of amides is 2. The van der Waals surface area contributed by atoms with Crippen molar-refractivity contribution < 1.29 is 4.79 Å². The predicted molar refractivity (Wildman–Crippen MR) is 66.3 cm³/mol. The van der Waals surface area contributed by atoms with Gasteiger partial charge in [0.1, 0.15) is 0 Å². The summed E-state index contributed by atoms with van der Waals surface area (Å²) < 4.78 is 0. The molecule has 1 fully saturated rings. The highest BCUT2D eigenvalue weighted by Gasteiger charge is 2.28. The molecule has 0 aliphatic heterocycles. The summed E-state index contributed by atoms with van der Waals surface area (Å²) in [5, 5.41) is 5.91. The van der Waals surface area contributed by atoms with E-state index in [4.69, 9.17) is 5.73 Å². The Hall–Kier alpha value is -0.770. The van der Waals surface area contributed by atoms with E-state index in [1.165, 1.54) is 0 Å². The molecule has 1 aliphatic carbocycles. The van der Waals surface area contributed by atoms with E-state index in [9.17, 15) is 4.79 Å². The molecule has 0 radical (unpaired) electrons. The second-order valence-corrected chi connectivity index (χ2v) is 6.28. The average molecular weight is 227 g/mol. The van der Waals surface area contributed by atoms with Crippen LogP contribution in [0.3, 0.4) is 0 Å². The van der Waals surface area contributed by atoms with Crippen molar-refractivity contribution in [2.45, 2.75) is 70.5 Å². The zero-order valence-corrected chi connectivity index (χ0v) is 10.9. The maximum Gasteiger partial charge on any atom is 0.315 e. The number of rotatable bonds is 1. The molecule has 2 amide bonds. The lowest BCUT2D eigenvalue weighted by Crippen LogP contribution is -2.52. The molecule has 0 spiro atoms. The van der Waals surface area contributed by atoms with Crippen LogP contribution in [-0.2, 0) is 0 Å². The van der Waals surface area contributed by atoms with E-state index in [0.29, 0.717) is 0 Å². The first kappa shape index (κ1) is 13.3. The summed E-state index contributed by atoms with van der Waals surface area (Å²) in [6.07, 6.45) is 3.91. The second-order valence-electron chi connectivity index (χ2n) is 6.28. The molecule has 0 atom stereocenters. The van der Waals surface area contributed by atoms with E-state index < -0.39 is 0 Å². The first-order chi connectivity index (χ1) is 7.18. The molecule has 1 rings (SSSR count). The number of nitrogens with one attached hydrogen (secondary N) is 2. The van der Waals surface area contributed by atoms with Crippen LogP contribution in [0.15, 0.2) is 0 Å². The van der Waals surface area contributed by atoms with Gasteiger partial charge < -0.3 is 16.4 Å². The Balaban J connectivity index is 2.32. The van der Waals surface area contributed by atoms with Crippen LogP contribution in [0.5, 0.6) is 0 Å². The number of hydrogen-bond donors (Lipinski definition) is 3. The van der Waals surface area contributed by atoms with Crippen molar-refractivity contribution in [2.75, 3.05) is 0 Å². The molecule has 0 aromatic carbocycles. The first-order valence-electron chi connectivity index (χ1n) is 6.06. The third-order valence-corrected chi connectivity index (χ3v) is 2.95. The molecule has 94 valence electrons. The largest absolute Gasteiger partial charge is 0.335 e. The maximum atomic E-state index is 11.6. The first-order valence-corrected chi connectivity index (χ1v) is 6.06. The lowest BCUT2D eigenvalue weighted by Gasteiger charge is -2.35. The Morgan fingerprint density at radius 1 is 1.31 bits per heavy atom. The van der Waals surface area contributed by atoms with E-state index in [1.54, 1.807) is 0 Å². The van der Waals surface area contributed by atoms with Crippen LogP contribution in [-0.4, -0.2) is 23.2 Å². The third-order valence-electron chi connectivity index (χ3n) is 2.95. The van der Waals surface area contributed by atoms with Crippen molar-refractivity contribution in [3.8, 4) is 0 Å². The van der Waals surface area contributed by atoms with E-state index in [-0.39, 0.29) is 23.2 Å². The van der Waals surface area contributed by atoms with Crippen LogP contribution >= 0.6 is 0 Å². The van der Waals surface area contributed by atoms with Gasteiger partial charge in [0.05, 0.1) is 0 Å². The summed E-state index contributed by atoms with van der Waals surface area (Å²) in [5.74, 6) is 0. The van der Waals surface area contributed by atoms with Crippen molar-refractivity contribution in [3.63, 3.8) is 0 Å². The van der Waals surface area contributed by atoms with E-state index in [0.717, 1.165) is 25.7 Å². The topological polar surface area (TPSA) is 67.1 Å². The molecule has 0 aromatic rings. The van der Waals surface area contributed by atoms with E-state index >= 15 is 0 Å². The molecule has 4 heteroatoms. The Labute approximate surface area is 98.3 Å². The highest BCUT2D eigenvalue weighted by atomic mass is 16.2. The summed E-state index contributed by atoms with van der Waals surface area (Å²) in [6.45, 7) is 8.01. The Bertz CT molecular complexity index is 245. The molecule has 4 nitrogen and oxygen atoms in total. The fourth-order valence-electron chi connectivity index (χ4n) is 1.98. The molecular weight excluding hydrogens is 202 g/mol. The number of carbonyl (C=O) groups excluding carboxylic acids is 1. The average Bonchev–Trinajstić information content (AvgIpc) is 2.05. The van der Waals surface area contributed by atoms with Crippen LogP contribution < -0.4 is 16.4 Å². The monoisotopic (exact) mass is 227 g/mol. The molecule has 0 aromatic heterocycles. The molecule has 0 saturated heterocycles. The molecule has 0 heterocycles. The van der Waals surface area contributed by atoms with Gasteiger partial charge in [-0.25, -0.2) is 4.79 Å². The molecule has 0 unspecified atom stereocenters. The quantitative estimate of drug-likeness (QED) is 0.639. The van der Waals surface area contributed by atoms with Gasteiger partial charge in [-0.1, -0.05) is 0 Å². The smallest absolute Gasteiger partial charge is 0.315 e. The van der Waals surface area contributed by atoms with Gasteiger partial charge >= 0.3 is 6.03 Å². The SMILES string of the molecule is CC1(N)CCC(NC(=O)NC(C)(C)C)CC1. The third kappa shape index (κ3) is 4.84. The second kappa shape index (κ2) is 4.62. The standard InChI is InChI=1S/C12H25N3O/c1-11(2,3)15-10(16)14-9-5-7-12(4,13)8-6-9/h9H,5-8,13H2,1-4H3,(H2,14,15,16). The summed E-state index contributed by atoms with van der Waals surface area (Å²) in [7, 11) is 0. The highest BCUT2D eigenvalue weighted by molar-refractivity contribution is 5.74. The van der Waals surface area contributed by atoms with Crippen molar-refractivity contribution in [1.82, 2.24) is 10.6 Å². The predicted octanol–water partition coefficient (Wildman–Crippen LogP) is 1.74. The summed E-state index contributed by atoms with van der Waals surface area (Å²) in [6, 6.07) is 0.206. The molecule has 4 N–H and O–H groups in total. The van der Waals surface area contributed by atoms with Gasteiger partial charge in [-0.2, -0.15) is 0 Å². The number of urea groups is 1. The van der Waals surface area contributed by atoms with Gasteiger partial charge in [-0.3, -0.25) is 0 Å². The zero-order chi connectivity index (χ0) is 12.4. The van der Waals surface area contributed by atoms with Crippen LogP contribution in [0.4, 0.5) is 4.79 Å². The number of hydrogen-bond acceptors (Lipinski definition) is 2. The van der Waals surface area contributed by atoms with Gasteiger partial charge in [-0.15, -0.1) is 0 Å². The fourth-order valence-corrected chi connectivity index (χ4v) is 1.98. The molecule has 16 heavy (non-hydrogen) atoms. The normalized spacial score (nSPS) is 30.9. The van der Waals surface area contributed by atoms with Crippen LogP contribution in [0.2, 0.25) is 0 Å². The van der Waals surface area contributed by atoms with E-state index in [1.807, 2.05) is 20.8 Å². The Kier molecular flexibility index (Phi) is 3.84. The summed E-state index contributed by atoms with van der Waals surface area (Å²) >= 11 is 0. The summed E-state index contributed by atoms with van der Waals surface area (Å²) in [5.41, 5.74) is 5.82.